The van der Waals surface area contributed by atoms with Crippen molar-refractivity contribution in [1.29, 1.82) is 0 Å². The first-order valence-corrected chi connectivity index (χ1v) is 6.66. The Morgan fingerprint density at radius 1 is 1.33 bits per heavy atom. The van der Waals surface area contributed by atoms with Crippen LogP contribution in [0.3, 0.4) is 0 Å². The Morgan fingerprint density at radius 2 is 2.22 bits per heavy atom. The summed E-state index contributed by atoms with van der Waals surface area (Å²) in [4.78, 5) is 4.04. The molecule has 0 unspecified atom stereocenters. The number of hydrogen-bond donors (Lipinski definition) is 1. The molecule has 2 aromatic rings. The first kappa shape index (κ1) is 13.1. The summed E-state index contributed by atoms with van der Waals surface area (Å²) < 4.78 is 6.86. The molecule has 18 heavy (non-hydrogen) atoms. The maximum Gasteiger partial charge on any atom is 0.145 e. The van der Waals surface area contributed by atoms with E-state index in [2.05, 4.69) is 39.2 Å². The summed E-state index contributed by atoms with van der Waals surface area (Å²) in [5.41, 5.74) is 1.13. The molecule has 0 saturated heterocycles. The average molecular weight is 307 g/mol. The van der Waals surface area contributed by atoms with Crippen molar-refractivity contribution in [3.63, 3.8) is 0 Å². The molecule has 0 amide bonds. The zero-order valence-electron chi connectivity index (χ0n) is 10.2. The predicted molar refractivity (Wildman–Crippen MR) is 75.8 cm³/mol. The molecule has 0 bridgehead atoms. The molecule has 0 aliphatic carbocycles. The molecule has 1 aromatic heterocycles. The van der Waals surface area contributed by atoms with Crippen LogP contribution in [-0.4, -0.2) is 11.5 Å². The number of nitrogens with zero attached hydrogens (tertiary/aromatic N) is 1. The minimum atomic E-state index is 0.744. The van der Waals surface area contributed by atoms with Gasteiger partial charge in [-0.25, -0.2) is 0 Å². The molecule has 1 aromatic carbocycles. The number of aromatic nitrogens is 1. The van der Waals surface area contributed by atoms with Crippen LogP contribution in [0.5, 0.6) is 11.5 Å². The van der Waals surface area contributed by atoms with Crippen LogP contribution in [0.25, 0.3) is 0 Å². The zero-order chi connectivity index (χ0) is 12.8. The van der Waals surface area contributed by atoms with Gasteiger partial charge in [-0.3, -0.25) is 4.98 Å². The Hall–Kier alpha value is -1.39. The number of benzene rings is 1. The summed E-state index contributed by atoms with van der Waals surface area (Å²) in [6.07, 6.45) is 3.44. The van der Waals surface area contributed by atoms with Crippen LogP contribution in [0.4, 0.5) is 0 Å². The van der Waals surface area contributed by atoms with Gasteiger partial charge in [-0.15, -0.1) is 0 Å². The van der Waals surface area contributed by atoms with Crippen molar-refractivity contribution >= 4 is 15.9 Å². The van der Waals surface area contributed by atoms with Gasteiger partial charge in [-0.1, -0.05) is 28.9 Å². The molecule has 0 spiro atoms. The lowest BCUT2D eigenvalue weighted by Crippen LogP contribution is -2.12. The molecule has 94 valence electrons. The average Bonchev–Trinajstić information content (AvgIpc) is 2.39. The molecule has 1 N–H and O–H groups in total. The Labute approximate surface area is 115 Å². The minimum Gasteiger partial charge on any atom is -0.455 e. The third-order valence-electron chi connectivity index (χ3n) is 2.46. The van der Waals surface area contributed by atoms with Crippen LogP contribution in [-0.2, 0) is 6.54 Å². The lowest BCUT2D eigenvalue weighted by molar-refractivity contribution is 0.470. The van der Waals surface area contributed by atoms with E-state index in [1.165, 1.54) is 0 Å². The van der Waals surface area contributed by atoms with E-state index >= 15 is 0 Å². The summed E-state index contributed by atoms with van der Waals surface area (Å²) in [5.74, 6) is 1.59. The number of rotatable bonds is 5. The third-order valence-corrected chi connectivity index (χ3v) is 2.95. The number of pyridine rings is 1. The normalized spacial score (nSPS) is 10.3. The van der Waals surface area contributed by atoms with E-state index in [-0.39, 0.29) is 0 Å². The van der Waals surface area contributed by atoms with E-state index in [1.54, 1.807) is 12.4 Å². The molecule has 0 aliphatic heterocycles. The van der Waals surface area contributed by atoms with E-state index in [1.807, 2.05) is 24.3 Å². The van der Waals surface area contributed by atoms with E-state index in [4.69, 9.17) is 4.74 Å². The first-order valence-electron chi connectivity index (χ1n) is 5.86. The Balaban J connectivity index is 2.22. The SMILES string of the molecule is CCNCc1ccc(Br)cc1Oc1cccnc1. The molecule has 0 radical (unpaired) electrons. The molecule has 3 nitrogen and oxygen atoms in total. The summed E-state index contributed by atoms with van der Waals surface area (Å²) in [6, 6.07) is 9.79. The predicted octanol–water partition coefficient (Wildman–Crippen LogP) is 3.75. The van der Waals surface area contributed by atoms with Crippen molar-refractivity contribution in [1.82, 2.24) is 10.3 Å². The van der Waals surface area contributed by atoms with Gasteiger partial charge in [0.05, 0.1) is 6.20 Å². The van der Waals surface area contributed by atoms with Crippen LogP contribution in [0.15, 0.2) is 47.2 Å². The van der Waals surface area contributed by atoms with Crippen molar-refractivity contribution < 1.29 is 4.74 Å². The van der Waals surface area contributed by atoms with Gasteiger partial charge in [0.25, 0.3) is 0 Å². The monoisotopic (exact) mass is 306 g/mol. The molecule has 0 atom stereocenters. The van der Waals surface area contributed by atoms with Crippen molar-refractivity contribution in [3.05, 3.63) is 52.8 Å². The molecule has 4 heteroatoms. The number of nitrogens with one attached hydrogen (secondary N) is 1. The number of hydrogen-bond acceptors (Lipinski definition) is 3. The Kier molecular flexibility index (Phi) is 4.73. The van der Waals surface area contributed by atoms with E-state index in [0.717, 1.165) is 34.6 Å². The fourth-order valence-corrected chi connectivity index (χ4v) is 1.90. The Bertz CT molecular complexity index is 502. The lowest BCUT2D eigenvalue weighted by Gasteiger charge is -2.11. The highest BCUT2D eigenvalue weighted by molar-refractivity contribution is 9.10. The van der Waals surface area contributed by atoms with Crippen molar-refractivity contribution in [3.8, 4) is 11.5 Å². The molecular formula is C14H15BrN2O. The highest BCUT2D eigenvalue weighted by Crippen LogP contribution is 2.28. The zero-order valence-corrected chi connectivity index (χ0v) is 11.8. The van der Waals surface area contributed by atoms with Crippen LogP contribution >= 0.6 is 15.9 Å². The second-order valence-corrected chi connectivity index (χ2v) is 4.74. The van der Waals surface area contributed by atoms with Gasteiger partial charge in [0.1, 0.15) is 11.5 Å². The van der Waals surface area contributed by atoms with Gasteiger partial charge >= 0.3 is 0 Å². The van der Waals surface area contributed by atoms with Crippen LogP contribution in [0.1, 0.15) is 12.5 Å². The quantitative estimate of drug-likeness (QED) is 0.913. The minimum absolute atomic E-state index is 0.744. The second kappa shape index (κ2) is 6.52. The summed E-state index contributed by atoms with van der Waals surface area (Å²) in [5, 5.41) is 3.30. The fraction of sp³-hybridized carbons (Fsp3) is 0.214. The smallest absolute Gasteiger partial charge is 0.145 e. The largest absolute Gasteiger partial charge is 0.455 e. The first-order chi connectivity index (χ1) is 8.79. The number of ether oxygens (including phenoxy) is 1. The van der Waals surface area contributed by atoms with Gasteiger partial charge in [-0.05, 0) is 30.8 Å². The molecule has 0 aliphatic rings. The number of halogens is 1. The highest BCUT2D eigenvalue weighted by Gasteiger charge is 2.05. The molecule has 1 heterocycles. The maximum absolute atomic E-state index is 5.85. The third kappa shape index (κ3) is 3.55. The van der Waals surface area contributed by atoms with Crippen LogP contribution in [0.2, 0.25) is 0 Å². The second-order valence-electron chi connectivity index (χ2n) is 3.82. The lowest BCUT2D eigenvalue weighted by atomic mass is 10.2. The summed E-state index contributed by atoms with van der Waals surface area (Å²) >= 11 is 3.46. The standard InChI is InChI=1S/C14H15BrN2O/c1-2-16-9-11-5-6-12(15)8-14(11)18-13-4-3-7-17-10-13/h3-8,10,16H,2,9H2,1H3. The van der Waals surface area contributed by atoms with Gasteiger partial charge in [-0.2, -0.15) is 0 Å². The Morgan fingerprint density at radius 3 is 2.94 bits per heavy atom. The van der Waals surface area contributed by atoms with Crippen molar-refractivity contribution in [2.45, 2.75) is 13.5 Å². The molecular weight excluding hydrogens is 292 g/mol. The maximum atomic E-state index is 5.85. The fourth-order valence-electron chi connectivity index (χ4n) is 1.56. The van der Waals surface area contributed by atoms with Crippen molar-refractivity contribution in [2.24, 2.45) is 0 Å². The topological polar surface area (TPSA) is 34.1 Å². The highest BCUT2D eigenvalue weighted by atomic mass is 79.9. The van der Waals surface area contributed by atoms with E-state index in [0.29, 0.717) is 0 Å². The van der Waals surface area contributed by atoms with E-state index in [9.17, 15) is 0 Å². The van der Waals surface area contributed by atoms with Crippen LogP contribution < -0.4 is 10.1 Å². The van der Waals surface area contributed by atoms with Gasteiger partial charge in [0.15, 0.2) is 0 Å². The van der Waals surface area contributed by atoms with Gasteiger partial charge in [0.2, 0.25) is 0 Å². The molecule has 0 saturated carbocycles. The van der Waals surface area contributed by atoms with Gasteiger partial charge < -0.3 is 10.1 Å². The van der Waals surface area contributed by atoms with Crippen LogP contribution in [0, 0.1) is 0 Å². The molecule has 0 fully saturated rings. The molecule has 2 rings (SSSR count). The van der Waals surface area contributed by atoms with E-state index < -0.39 is 0 Å². The van der Waals surface area contributed by atoms with Crippen molar-refractivity contribution in [2.75, 3.05) is 6.54 Å². The summed E-state index contributed by atoms with van der Waals surface area (Å²) in [6.45, 7) is 3.81. The van der Waals surface area contributed by atoms with Gasteiger partial charge in [0, 0.05) is 22.8 Å². The summed E-state index contributed by atoms with van der Waals surface area (Å²) in [7, 11) is 0.